The average molecular weight is 483 g/mol. The molecule has 2 atom stereocenters. The molecule has 0 fully saturated rings. The van der Waals surface area contributed by atoms with Crippen LogP contribution in [0.5, 0.6) is 0 Å². The third kappa shape index (κ3) is 6.06. The Labute approximate surface area is 189 Å². The Kier molecular flexibility index (Phi) is 7.40. The van der Waals surface area contributed by atoms with Gasteiger partial charge in [0.2, 0.25) is 0 Å². The molecule has 2 aromatic heterocycles. The van der Waals surface area contributed by atoms with Gasteiger partial charge in [-0.1, -0.05) is 49.1 Å². The van der Waals surface area contributed by atoms with E-state index in [1.54, 1.807) is 18.2 Å². The first-order valence-electron chi connectivity index (χ1n) is 9.81. The number of aromatic amines is 1. The minimum Gasteiger partial charge on any atom is -0.394 e. The summed E-state index contributed by atoms with van der Waals surface area (Å²) in [7, 11) is -3.30. The maximum atomic E-state index is 11.9. The van der Waals surface area contributed by atoms with Crippen molar-refractivity contribution < 1.29 is 13.5 Å². The van der Waals surface area contributed by atoms with E-state index in [0.29, 0.717) is 27.2 Å². The van der Waals surface area contributed by atoms with Gasteiger partial charge in [0.1, 0.15) is 4.70 Å². The molecular weight excluding hydrogens is 456 g/mol. The molecular formula is C20H26N4O4S3. The van der Waals surface area contributed by atoms with E-state index in [9.17, 15) is 18.3 Å². The van der Waals surface area contributed by atoms with Gasteiger partial charge in [-0.3, -0.25) is 9.78 Å². The summed E-state index contributed by atoms with van der Waals surface area (Å²) in [6.45, 7) is 6.03. The molecule has 3 aromatic rings. The van der Waals surface area contributed by atoms with Crippen LogP contribution in [0.1, 0.15) is 38.0 Å². The quantitative estimate of drug-likeness (QED) is 0.313. The van der Waals surface area contributed by atoms with Gasteiger partial charge in [-0.05, 0) is 37.0 Å². The van der Waals surface area contributed by atoms with Crippen molar-refractivity contribution in [3.05, 3.63) is 39.5 Å². The molecule has 31 heavy (non-hydrogen) atoms. The van der Waals surface area contributed by atoms with Crippen LogP contribution in [0.3, 0.4) is 0 Å². The van der Waals surface area contributed by atoms with Gasteiger partial charge in [0.25, 0.3) is 0 Å². The number of rotatable bonds is 9. The lowest BCUT2D eigenvalue weighted by Gasteiger charge is -2.19. The van der Waals surface area contributed by atoms with E-state index in [0.717, 1.165) is 23.3 Å². The fraction of sp³-hybridized carbons (Fsp3) is 0.450. The predicted octanol–water partition coefficient (Wildman–Crippen LogP) is 3.46. The molecule has 8 nitrogen and oxygen atoms in total. The van der Waals surface area contributed by atoms with Crippen LogP contribution in [-0.4, -0.2) is 47.4 Å². The Morgan fingerprint density at radius 2 is 2.00 bits per heavy atom. The molecule has 1 aromatic carbocycles. The maximum Gasteiger partial charge on any atom is 0.306 e. The molecule has 0 amide bonds. The Hall–Kier alpha value is -1.95. The van der Waals surface area contributed by atoms with E-state index in [1.165, 1.54) is 18.0 Å². The van der Waals surface area contributed by atoms with Gasteiger partial charge < -0.3 is 10.4 Å². The number of aliphatic hydroxyl groups is 1. The fourth-order valence-corrected chi connectivity index (χ4v) is 5.43. The van der Waals surface area contributed by atoms with Crippen molar-refractivity contribution >= 4 is 49.1 Å². The summed E-state index contributed by atoms with van der Waals surface area (Å²) in [6, 6.07) is 6.61. The number of aliphatic hydroxyl groups excluding tert-OH is 1. The van der Waals surface area contributed by atoms with E-state index in [2.05, 4.69) is 34.1 Å². The van der Waals surface area contributed by atoms with Crippen molar-refractivity contribution in [2.24, 2.45) is 5.92 Å². The van der Waals surface area contributed by atoms with Crippen LogP contribution < -0.4 is 10.2 Å². The van der Waals surface area contributed by atoms with Crippen molar-refractivity contribution in [2.75, 3.05) is 18.2 Å². The van der Waals surface area contributed by atoms with E-state index in [-0.39, 0.29) is 27.7 Å². The van der Waals surface area contributed by atoms with Crippen LogP contribution in [0.2, 0.25) is 0 Å². The van der Waals surface area contributed by atoms with Gasteiger partial charge >= 0.3 is 4.87 Å². The van der Waals surface area contributed by atoms with Crippen LogP contribution in [0, 0.1) is 5.92 Å². The van der Waals surface area contributed by atoms with Gasteiger partial charge in [-0.25, -0.2) is 18.4 Å². The normalized spacial score (nSPS) is 14.1. The zero-order valence-corrected chi connectivity index (χ0v) is 20.2. The van der Waals surface area contributed by atoms with Gasteiger partial charge in [0, 0.05) is 11.5 Å². The third-order valence-electron chi connectivity index (χ3n) is 4.62. The number of hydrogen-bond acceptors (Lipinski definition) is 9. The van der Waals surface area contributed by atoms with Gasteiger partial charge in [0.15, 0.2) is 26.5 Å². The predicted molar refractivity (Wildman–Crippen MR) is 126 cm³/mol. The van der Waals surface area contributed by atoms with Gasteiger partial charge in [-0.15, -0.1) is 0 Å². The Balaban J connectivity index is 1.93. The highest BCUT2D eigenvalue weighted by atomic mass is 32.2. The minimum absolute atomic E-state index is 0.0554. The van der Waals surface area contributed by atoms with E-state index in [1.807, 2.05) is 13.0 Å². The summed E-state index contributed by atoms with van der Waals surface area (Å²) >= 11 is 2.39. The van der Waals surface area contributed by atoms with Gasteiger partial charge in [-0.2, -0.15) is 0 Å². The summed E-state index contributed by atoms with van der Waals surface area (Å²) in [5.41, 5.74) is 1.27. The largest absolute Gasteiger partial charge is 0.394 e. The molecule has 0 aliphatic carbocycles. The van der Waals surface area contributed by atoms with Crippen molar-refractivity contribution in [1.29, 1.82) is 0 Å². The van der Waals surface area contributed by atoms with Crippen LogP contribution in [0.15, 0.2) is 39.1 Å². The first kappa shape index (κ1) is 23.7. The SMILES string of the molecule is CC(C)C[C@H](CO)Nc1nc(S[C@@H](C)c2cccc(S(C)(=O)=O)c2)nc2[nH]c(=O)sc12. The lowest BCUT2D eigenvalue weighted by Crippen LogP contribution is -2.26. The maximum absolute atomic E-state index is 11.9. The fourth-order valence-electron chi connectivity index (χ4n) is 3.14. The smallest absolute Gasteiger partial charge is 0.306 e. The molecule has 168 valence electrons. The second-order valence-corrected chi connectivity index (χ2v) is 12.1. The third-order valence-corrected chi connectivity index (χ3v) is 7.62. The summed E-state index contributed by atoms with van der Waals surface area (Å²) in [5.74, 6) is 0.885. The summed E-state index contributed by atoms with van der Waals surface area (Å²) < 4.78 is 24.4. The number of sulfone groups is 1. The zero-order chi connectivity index (χ0) is 22.8. The Morgan fingerprint density at radius 1 is 1.26 bits per heavy atom. The average Bonchev–Trinajstić information content (AvgIpc) is 3.07. The molecule has 0 saturated heterocycles. The number of nitrogens with zero attached hydrogens (tertiary/aromatic N) is 2. The van der Waals surface area contributed by atoms with Crippen molar-refractivity contribution in [1.82, 2.24) is 15.0 Å². The number of benzene rings is 1. The number of thiazole rings is 1. The number of hydrogen-bond donors (Lipinski definition) is 3. The van der Waals surface area contributed by atoms with Gasteiger partial charge in [0.05, 0.1) is 17.5 Å². The number of anilines is 1. The highest BCUT2D eigenvalue weighted by Gasteiger charge is 2.19. The van der Waals surface area contributed by atoms with Crippen LogP contribution in [0.25, 0.3) is 10.3 Å². The summed E-state index contributed by atoms with van der Waals surface area (Å²) in [6.07, 6.45) is 1.93. The standard InChI is InChI=1S/C20H26N4O4S3/c1-11(2)8-14(10-25)21-17-16-18(24-20(26)30-16)23-19(22-17)29-12(3)13-6-5-7-15(9-13)31(4,27)28/h5-7,9,11-12,14,25H,8,10H2,1-4H3,(H2,21,22,23,24,26)/t12-,14+/m0/s1. The molecule has 0 aliphatic rings. The van der Waals surface area contributed by atoms with Crippen LogP contribution >= 0.6 is 23.1 Å². The number of nitrogens with one attached hydrogen (secondary N) is 2. The molecule has 0 radical (unpaired) electrons. The van der Waals surface area contributed by atoms with Crippen LogP contribution in [-0.2, 0) is 9.84 Å². The molecule has 3 rings (SSSR count). The number of fused-ring (bicyclic) bond motifs is 1. The van der Waals surface area contributed by atoms with Crippen molar-refractivity contribution in [3.63, 3.8) is 0 Å². The van der Waals surface area contributed by atoms with E-state index in [4.69, 9.17) is 0 Å². The lowest BCUT2D eigenvalue weighted by atomic mass is 10.0. The molecule has 0 spiro atoms. The summed E-state index contributed by atoms with van der Waals surface area (Å²) in [4.78, 5) is 23.8. The number of H-pyrrole nitrogens is 1. The second kappa shape index (κ2) is 9.68. The minimum atomic E-state index is -3.30. The monoisotopic (exact) mass is 482 g/mol. The molecule has 2 heterocycles. The molecule has 0 unspecified atom stereocenters. The van der Waals surface area contributed by atoms with E-state index >= 15 is 0 Å². The van der Waals surface area contributed by atoms with Crippen LogP contribution in [0.4, 0.5) is 5.82 Å². The lowest BCUT2D eigenvalue weighted by molar-refractivity contribution is 0.259. The molecule has 11 heteroatoms. The topological polar surface area (TPSA) is 125 Å². The second-order valence-electron chi connectivity index (χ2n) is 7.81. The molecule has 0 aliphatic heterocycles. The molecule has 0 bridgehead atoms. The van der Waals surface area contributed by atoms with E-state index < -0.39 is 9.84 Å². The Bertz CT molecular complexity index is 1220. The first-order chi connectivity index (χ1) is 14.6. The zero-order valence-electron chi connectivity index (χ0n) is 17.7. The number of aromatic nitrogens is 3. The van der Waals surface area contributed by atoms with Crippen molar-refractivity contribution in [3.8, 4) is 0 Å². The summed E-state index contributed by atoms with van der Waals surface area (Å²) in [5, 5.41) is 13.3. The highest BCUT2D eigenvalue weighted by molar-refractivity contribution is 7.99. The van der Waals surface area contributed by atoms with Crippen molar-refractivity contribution in [2.45, 2.75) is 48.5 Å². The Morgan fingerprint density at radius 3 is 2.65 bits per heavy atom. The number of thioether (sulfide) groups is 1. The molecule has 3 N–H and O–H groups in total. The highest BCUT2D eigenvalue weighted by Crippen LogP contribution is 2.36. The molecule has 0 saturated carbocycles. The first-order valence-corrected chi connectivity index (χ1v) is 13.4.